The van der Waals surface area contributed by atoms with E-state index >= 15 is 0 Å². The van der Waals surface area contributed by atoms with E-state index in [4.69, 9.17) is 4.74 Å². The van der Waals surface area contributed by atoms with Crippen molar-refractivity contribution < 1.29 is 9.53 Å². The highest BCUT2D eigenvalue weighted by atomic mass is 16.5. The number of hydrogen-bond acceptors (Lipinski definition) is 3. The lowest BCUT2D eigenvalue weighted by molar-refractivity contribution is -0.0347. The van der Waals surface area contributed by atoms with Crippen molar-refractivity contribution in [2.24, 2.45) is 0 Å². The predicted octanol–water partition coefficient (Wildman–Crippen LogP) is 2.18. The van der Waals surface area contributed by atoms with Gasteiger partial charge >= 0.3 is 0 Å². The van der Waals surface area contributed by atoms with Crippen molar-refractivity contribution in [3.05, 3.63) is 35.4 Å². The van der Waals surface area contributed by atoms with Gasteiger partial charge < -0.3 is 14.5 Å². The fraction of sp³-hybridized carbons (Fsp3) is 0.588. The lowest BCUT2D eigenvalue weighted by atomic mass is 10.1. The molecule has 4 nitrogen and oxygen atoms in total. The molecule has 0 saturated carbocycles. The van der Waals surface area contributed by atoms with Crippen molar-refractivity contribution in [1.29, 1.82) is 0 Å². The normalized spacial score (nSPS) is 19.0. The molecule has 21 heavy (non-hydrogen) atoms. The molecule has 0 aromatic heterocycles. The van der Waals surface area contributed by atoms with Crippen LogP contribution in [-0.2, 0) is 4.74 Å². The molecule has 4 heteroatoms. The van der Waals surface area contributed by atoms with Gasteiger partial charge in [-0.25, -0.2) is 0 Å². The number of benzene rings is 1. The van der Waals surface area contributed by atoms with Crippen molar-refractivity contribution in [2.75, 3.05) is 39.3 Å². The summed E-state index contributed by atoms with van der Waals surface area (Å²) in [4.78, 5) is 16.8. The quantitative estimate of drug-likeness (QED) is 0.833. The first-order valence-corrected chi connectivity index (χ1v) is 7.84. The zero-order valence-electron chi connectivity index (χ0n) is 13.3. The largest absolute Gasteiger partial charge is 0.373 e. The Labute approximate surface area is 127 Å². The van der Waals surface area contributed by atoms with Gasteiger partial charge in [0.1, 0.15) is 0 Å². The Kier molecular flexibility index (Phi) is 5.76. The van der Waals surface area contributed by atoms with Crippen LogP contribution in [-0.4, -0.2) is 61.1 Å². The van der Waals surface area contributed by atoms with Crippen molar-refractivity contribution in [1.82, 2.24) is 9.80 Å². The third-order valence-electron chi connectivity index (χ3n) is 4.08. The van der Waals surface area contributed by atoms with Crippen molar-refractivity contribution in [3.8, 4) is 0 Å². The van der Waals surface area contributed by atoms with Crippen LogP contribution in [0.3, 0.4) is 0 Å². The van der Waals surface area contributed by atoms with Crippen LogP contribution < -0.4 is 0 Å². The van der Waals surface area contributed by atoms with E-state index in [9.17, 15) is 4.79 Å². The molecule has 1 fully saturated rings. The Balaban J connectivity index is 1.97. The van der Waals surface area contributed by atoms with Crippen molar-refractivity contribution >= 4 is 5.91 Å². The number of rotatable bonds is 5. The maximum atomic E-state index is 12.5. The lowest BCUT2D eigenvalue weighted by Crippen LogP contribution is -2.49. The van der Waals surface area contributed by atoms with Gasteiger partial charge in [-0.3, -0.25) is 4.79 Å². The number of morpholine rings is 1. The van der Waals surface area contributed by atoms with Crippen LogP contribution in [0.25, 0.3) is 0 Å². The summed E-state index contributed by atoms with van der Waals surface area (Å²) in [7, 11) is 0. The molecular formula is C17H26N2O2. The number of ether oxygens (including phenoxy) is 1. The summed E-state index contributed by atoms with van der Waals surface area (Å²) in [6, 6.07) is 7.79. The van der Waals surface area contributed by atoms with Crippen LogP contribution in [0.15, 0.2) is 24.3 Å². The Morgan fingerprint density at radius 3 is 2.57 bits per heavy atom. The van der Waals surface area contributed by atoms with Gasteiger partial charge in [0.2, 0.25) is 0 Å². The number of hydrogen-bond donors (Lipinski definition) is 0. The van der Waals surface area contributed by atoms with Gasteiger partial charge in [-0.1, -0.05) is 31.5 Å². The molecule has 1 aliphatic rings. The van der Waals surface area contributed by atoms with Gasteiger partial charge in [-0.2, -0.15) is 0 Å². The fourth-order valence-electron chi connectivity index (χ4n) is 2.66. The lowest BCUT2D eigenvalue weighted by Gasteiger charge is -2.35. The number of nitrogens with zero attached hydrogens (tertiary/aromatic N) is 2. The van der Waals surface area contributed by atoms with Gasteiger partial charge in [0, 0.05) is 25.2 Å². The van der Waals surface area contributed by atoms with Crippen molar-refractivity contribution in [3.63, 3.8) is 0 Å². The molecule has 1 amide bonds. The Morgan fingerprint density at radius 1 is 1.29 bits per heavy atom. The molecule has 1 atom stereocenters. The summed E-state index contributed by atoms with van der Waals surface area (Å²) >= 11 is 0. The number of likely N-dealkylation sites (N-methyl/N-ethyl adjacent to an activating group) is 1. The second-order valence-electron chi connectivity index (χ2n) is 5.60. The molecule has 116 valence electrons. The molecule has 2 rings (SSSR count). The van der Waals surface area contributed by atoms with E-state index in [2.05, 4.69) is 18.7 Å². The fourth-order valence-corrected chi connectivity index (χ4v) is 2.66. The smallest absolute Gasteiger partial charge is 0.254 e. The van der Waals surface area contributed by atoms with E-state index in [1.165, 1.54) is 5.56 Å². The summed E-state index contributed by atoms with van der Waals surface area (Å²) in [6.07, 6.45) is 0.119. The van der Waals surface area contributed by atoms with Gasteiger partial charge in [0.05, 0.1) is 12.7 Å². The van der Waals surface area contributed by atoms with Crippen LogP contribution in [0.2, 0.25) is 0 Å². The number of carbonyl (C=O) groups excluding carboxylic acids is 1. The minimum Gasteiger partial charge on any atom is -0.373 e. The minimum absolute atomic E-state index is 0.114. The van der Waals surface area contributed by atoms with E-state index in [0.29, 0.717) is 19.7 Å². The Bertz CT molecular complexity index is 454. The van der Waals surface area contributed by atoms with Crippen molar-refractivity contribution in [2.45, 2.75) is 26.9 Å². The summed E-state index contributed by atoms with van der Waals surface area (Å²) in [5, 5.41) is 0. The van der Waals surface area contributed by atoms with E-state index in [0.717, 1.165) is 25.2 Å². The Morgan fingerprint density at radius 2 is 1.95 bits per heavy atom. The van der Waals surface area contributed by atoms with Gasteiger partial charge in [-0.05, 0) is 32.1 Å². The van der Waals surface area contributed by atoms with Crippen LogP contribution in [0.5, 0.6) is 0 Å². The monoisotopic (exact) mass is 290 g/mol. The number of aryl methyl sites for hydroxylation is 1. The highest BCUT2D eigenvalue weighted by molar-refractivity contribution is 5.94. The van der Waals surface area contributed by atoms with Gasteiger partial charge in [0.15, 0.2) is 0 Å². The topological polar surface area (TPSA) is 32.8 Å². The maximum absolute atomic E-state index is 12.5. The molecule has 1 saturated heterocycles. The zero-order valence-corrected chi connectivity index (χ0v) is 13.3. The van der Waals surface area contributed by atoms with E-state index < -0.39 is 0 Å². The zero-order chi connectivity index (χ0) is 15.2. The average Bonchev–Trinajstić information content (AvgIpc) is 2.53. The summed E-state index contributed by atoms with van der Waals surface area (Å²) in [6.45, 7) is 11.3. The van der Waals surface area contributed by atoms with Crippen LogP contribution in [0, 0.1) is 6.92 Å². The predicted molar refractivity (Wildman–Crippen MR) is 84.6 cm³/mol. The second kappa shape index (κ2) is 7.57. The highest BCUT2D eigenvalue weighted by Gasteiger charge is 2.25. The first kappa shape index (κ1) is 16.0. The molecule has 0 bridgehead atoms. The molecular weight excluding hydrogens is 264 g/mol. The maximum Gasteiger partial charge on any atom is 0.254 e. The molecule has 0 spiro atoms. The summed E-state index contributed by atoms with van der Waals surface area (Å²) in [5.74, 6) is 0.114. The highest BCUT2D eigenvalue weighted by Crippen LogP contribution is 2.12. The summed E-state index contributed by atoms with van der Waals surface area (Å²) < 4.78 is 5.81. The standard InChI is InChI=1S/C17H26N2O2/c1-4-18(5-2)12-16-13-19(10-11-21-16)17(20)15-8-6-14(3)7-9-15/h6-9,16H,4-5,10-13H2,1-3H3/t16-/m1/s1. The molecule has 1 aromatic rings. The van der Waals surface area contributed by atoms with Gasteiger partial charge in [0.25, 0.3) is 5.91 Å². The van der Waals surface area contributed by atoms with Crippen LogP contribution in [0.4, 0.5) is 0 Å². The van der Waals surface area contributed by atoms with E-state index in [1.54, 1.807) is 0 Å². The SMILES string of the molecule is CCN(CC)C[C@@H]1CN(C(=O)c2ccc(C)cc2)CCO1. The third kappa shape index (κ3) is 4.29. The molecule has 0 unspecified atom stereocenters. The number of amides is 1. The van der Waals surface area contributed by atoms with Crippen LogP contribution >= 0.6 is 0 Å². The van der Waals surface area contributed by atoms with E-state index in [1.807, 2.05) is 36.1 Å². The second-order valence-corrected chi connectivity index (χ2v) is 5.60. The Hall–Kier alpha value is -1.39. The van der Waals surface area contributed by atoms with E-state index in [-0.39, 0.29) is 12.0 Å². The molecule has 1 aliphatic heterocycles. The molecule has 0 N–H and O–H groups in total. The van der Waals surface area contributed by atoms with Gasteiger partial charge in [-0.15, -0.1) is 0 Å². The average molecular weight is 290 g/mol. The summed E-state index contributed by atoms with van der Waals surface area (Å²) in [5.41, 5.74) is 1.94. The first-order chi connectivity index (χ1) is 10.1. The molecule has 1 heterocycles. The van der Waals surface area contributed by atoms with Crippen LogP contribution in [0.1, 0.15) is 29.8 Å². The molecule has 0 aliphatic carbocycles. The first-order valence-electron chi connectivity index (χ1n) is 7.84. The third-order valence-corrected chi connectivity index (χ3v) is 4.08. The minimum atomic E-state index is 0.114. The molecule has 0 radical (unpaired) electrons. The molecule has 1 aromatic carbocycles. The number of carbonyl (C=O) groups is 1.